The maximum atomic E-state index is 13.7. The lowest BCUT2D eigenvalue weighted by Gasteiger charge is -2.32. The summed E-state index contributed by atoms with van der Waals surface area (Å²) in [4.78, 5) is 15.1. The van der Waals surface area contributed by atoms with E-state index in [4.69, 9.17) is 0 Å². The summed E-state index contributed by atoms with van der Waals surface area (Å²) in [7, 11) is 0.227. The molecule has 1 amide bonds. The van der Waals surface area contributed by atoms with Crippen molar-refractivity contribution < 1.29 is 17.6 Å². The molecule has 1 aliphatic carbocycles. The largest absolute Gasteiger partial charge is 0.354 e. The Morgan fingerprint density at radius 2 is 1.79 bits per heavy atom. The van der Waals surface area contributed by atoms with Crippen molar-refractivity contribution in [3.05, 3.63) is 65.0 Å². The first-order chi connectivity index (χ1) is 16.3. The van der Waals surface area contributed by atoms with Gasteiger partial charge in [0.05, 0.1) is 10.9 Å². The average Bonchev–Trinajstić information content (AvgIpc) is 2.83. The topological polar surface area (TPSA) is 69.7 Å². The SMILES string of the molecule is CN(C)C(CNC(=O)C1CCN(S(=O)(=O)c2ccc3c(c2)CCCC3)CC1)c1cccc(F)c1. The monoisotopic (exact) mass is 487 g/mol. The van der Waals surface area contributed by atoms with Gasteiger partial charge in [0, 0.05) is 25.6 Å². The summed E-state index contributed by atoms with van der Waals surface area (Å²) in [5, 5.41) is 3.00. The normalized spacial score (nSPS) is 18.5. The molecule has 0 aromatic heterocycles. The minimum absolute atomic E-state index is 0.0749. The molecule has 1 aliphatic heterocycles. The molecule has 2 aromatic rings. The predicted octanol–water partition coefficient (Wildman–Crippen LogP) is 3.52. The third-order valence-electron chi connectivity index (χ3n) is 7.11. The second-order valence-corrected chi connectivity index (χ2v) is 11.5. The van der Waals surface area contributed by atoms with Crippen LogP contribution in [0.2, 0.25) is 0 Å². The van der Waals surface area contributed by atoms with E-state index in [2.05, 4.69) is 5.32 Å². The van der Waals surface area contributed by atoms with Gasteiger partial charge in [-0.2, -0.15) is 4.31 Å². The molecular weight excluding hydrogens is 453 g/mol. The van der Waals surface area contributed by atoms with Crippen molar-refractivity contribution in [2.24, 2.45) is 5.92 Å². The Hall–Kier alpha value is -2.29. The van der Waals surface area contributed by atoms with E-state index in [1.165, 1.54) is 22.0 Å². The van der Waals surface area contributed by atoms with Gasteiger partial charge in [0.15, 0.2) is 0 Å². The molecule has 1 N–H and O–H groups in total. The maximum Gasteiger partial charge on any atom is 0.243 e. The van der Waals surface area contributed by atoms with E-state index >= 15 is 0 Å². The fraction of sp³-hybridized carbons (Fsp3) is 0.500. The number of benzene rings is 2. The molecule has 0 bridgehead atoms. The standard InChI is InChI=1S/C26H34FN3O3S/c1-29(2)25(22-8-5-9-23(27)16-22)18-28-26(31)20-12-14-30(15-13-20)34(32,33)24-11-10-19-6-3-4-7-21(19)17-24/h5,8-11,16-17,20,25H,3-4,6-7,12-15,18H2,1-2H3,(H,28,31). The molecule has 1 saturated heterocycles. The second kappa shape index (κ2) is 10.5. The lowest BCUT2D eigenvalue weighted by atomic mass is 9.92. The highest BCUT2D eigenvalue weighted by Crippen LogP contribution is 2.28. The highest BCUT2D eigenvalue weighted by molar-refractivity contribution is 7.89. The number of nitrogens with zero attached hydrogens (tertiary/aromatic N) is 2. The van der Waals surface area contributed by atoms with E-state index < -0.39 is 10.0 Å². The Morgan fingerprint density at radius 1 is 1.09 bits per heavy atom. The van der Waals surface area contributed by atoms with E-state index in [0.717, 1.165) is 36.8 Å². The Balaban J connectivity index is 1.34. The number of amides is 1. The predicted molar refractivity (Wildman–Crippen MR) is 130 cm³/mol. The van der Waals surface area contributed by atoms with Gasteiger partial charge in [-0.3, -0.25) is 4.79 Å². The summed E-state index contributed by atoms with van der Waals surface area (Å²) in [5.74, 6) is -0.609. The number of sulfonamides is 1. The molecule has 2 aliphatic rings. The lowest BCUT2D eigenvalue weighted by Crippen LogP contribution is -2.44. The molecule has 2 aromatic carbocycles. The molecule has 34 heavy (non-hydrogen) atoms. The van der Waals surface area contributed by atoms with Gasteiger partial charge in [-0.15, -0.1) is 0 Å². The van der Waals surface area contributed by atoms with Gasteiger partial charge in [-0.1, -0.05) is 18.2 Å². The van der Waals surface area contributed by atoms with E-state index in [-0.39, 0.29) is 23.7 Å². The van der Waals surface area contributed by atoms with Crippen LogP contribution < -0.4 is 5.32 Å². The van der Waals surface area contributed by atoms with Gasteiger partial charge < -0.3 is 10.2 Å². The van der Waals surface area contributed by atoms with Crippen LogP contribution in [0.3, 0.4) is 0 Å². The van der Waals surface area contributed by atoms with Gasteiger partial charge in [0.25, 0.3) is 0 Å². The third-order valence-corrected chi connectivity index (χ3v) is 9.00. The number of rotatable bonds is 7. The van der Waals surface area contributed by atoms with Crippen LogP contribution in [0.15, 0.2) is 47.4 Å². The number of hydrogen-bond donors (Lipinski definition) is 1. The van der Waals surface area contributed by atoms with Crippen molar-refractivity contribution in [2.75, 3.05) is 33.7 Å². The van der Waals surface area contributed by atoms with Crippen LogP contribution in [0.25, 0.3) is 0 Å². The maximum absolute atomic E-state index is 13.7. The van der Waals surface area contributed by atoms with Crippen molar-refractivity contribution in [2.45, 2.75) is 49.5 Å². The molecule has 184 valence electrons. The van der Waals surface area contributed by atoms with Gasteiger partial charge in [-0.05, 0) is 93.6 Å². The number of halogens is 1. The number of carbonyl (C=O) groups is 1. The second-order valence-electron chi connectivity index (χ2n) is 9.60. The minimum Gasteiger partial charge on any atom is -0.354 e. The Bertz CT molecular complexity index is 1130. The van der Waals surface area contributed by atoms with Gasteiger partial charge in [0.1, 0.15) is 5.82 Å². The van der Waals surface area contributed by atoms with Crippen molar-refractivity contribution in [3.8, 4) is 0 Å². The smallest absolute Gasteiger partial charge is 0.243 e. The highest BCUT2D eigenvalue weighted by Gasteiger charge is 2.32. The van der Waals surface area contributed by atoms with Crippen molar-refractivity contribution >= 4 is 15.9 Å². The summed E-state index contributed by atoms with van der Waals surface area (Å²) in [6.45, 7) is 1.03. The quantitative estimate of drug-likeness (QED) is 0.649. The van der Waals surface area contributed by atoms with Crippen LogP contribution in [-0.4, -0.2) is 57.3 Å². The molecule has 4 rings (SSSR count). The van der Waals surface area contributed by atoms with E-state index in [0.29, 0.717) is 37.4 Å². The fourth-order valence-corrected chi connectivity index (χ4v) is 6.55. The van der Waals surface area contributed by atoms with Crippen LogP contribution in [0.4, 0.5) is 4.39 Å². The molecular formula is C26H34FN3O3S. The zero-order valence-corrected chi connectivity index (χ0v) is 20.8. The number of aryl methyl sites for hydroxylation is 2. The molecule has 1 heterocycles. The highest BCUT2D eigenvalue weighted by atomic mass is 32.2. The van der Waals surface area contributed by atoms with Crippen LogP contribution in [-0.2, 0) is 27.7 Å². The summed E-state index contributed by atoms with van der Waals surface area (Å²) in [6.07, 6.45) is 5.19. The van der Waals surface area contributed by atoms with Gasteiger partial charge in [-0.25, -0.2) is 12.8 Å². The first-order valence-electron chi connectivity index (χ1n) is 12.1. The Morgan fingerprint density at radius 3 is 2.47 bits per heavy atom. The summed E-state index contributed by atoms with van der Waals surface area (Å²) in [6, 6.07) is 11.8. The van der Waals surface area contributed by atoms with Crippen molar-refractivity contribution in [1.29, 1.82) is 0 Å². The molecule has 1 unspecified atom stereocenters. The summed E-state index contributed by atoms with van der Waals surface area (Å²) < 4.78 is 41.6. The fourth-order valence-electron chi connectivity index (χ4n) is 5.03. The Kier molecular flexibility index (Phi) is 7.70. The number of likely N-dealkylation sites (N-methyl/N-ethyl adjacent to an activating group) is 1. The molecule has 0 saturated carbocycles. The first kappa shape index (κ1) is 24.8. The summed E-state index contributed by atoms with van der Waals surface area (Å²) in [5.41, 5.74) is 3.21. The van der Waals surface area contributed by atoms with Gasteiger partial charge >= 0.3 is 0 Å². The zero-order valence-electron chi connectivity index (χ0n) is 20.0. The molecule has 0 spiro atoms. The number of hydrogen-bond acceptors (Lipinski definition) is 4. The molecule has 1 atom stereocenters. The van der Waals surface area contributed by atoms with Crippen LogP contribution in [0, 0.1) is 11.7 Å². The molecule has 8 heteroatoms. The first-order valence-corrected chi connectivity index (χ1v) is 13.5. The number of piperidine rings is 1. The van der Waals surface area contributed by atoms with Crippen LogP contribution in [0.1, 0.15) is 48.4 Å². The molecule has 0 radical (unpaired) electrons. The van der Waals surface area contributed by atoms with Gasteiger partial charge in [0.2, 0.25) is 15.9 Å². The van der Waals surface area contributed by atoms with E-state index in [1.54, 1.807) is 12.1 Å². The van der Waals surface area contributed by atoms with E-state index in [9.17, 15) is 17.6 Å². The van der Waals surface area contributed by atoms with Crippen LogP contribution >= 0.6 is 0 Å². The Labute approximate surface area is 202 Å². The third kappa shape index (κ3) is 5.50. The summed E-state index contributed by atoms with van der Waals surface area (Å²) >= 11 is 0. The number of fused-ring (bicyclic) bond motifs is 1. The average molecular weight is 488 g/mol. The zero-order chi connectivity index (χ0) is 24.3. The molecule has 6 nitrogen and oxygen atoms in total. The van der Waals surface area contributed by atoms with Crippen molar-refractivity contribution in [1.82, 2.24) is 14.5 Å². The number of nitrogens with one attached hydrogen (secondary N) is 1. The van der Waals surface area contributed by atoms with Crippen LogP contribution in [0.5, 0.6) is 0 Å². The van der Waals surface area contributed by atoms with E-state index in [1.807, 2.05) is 37.2 Å². The number of carbonyl (C=O) groups excluding carboxylic acids is 1. The van der Waals surface area contributed by atoms with Crippen molar-refractivity contribution in [3.63, 3.8) is 0 Å². The lowest BCUT2D eigenvalue weighted by molar-refractivity contribution is -0.126. The minimum atomic E-state index is -3.56. The molecule has 1 fully saturated rings.